The second-order valence-electron chi connectivity index (χ2n) is 6.53. The average Bonchev–Trinajstić information content (AvgIpc) is 3.11. The third-order valence-corrected chi connectivity index (χ3v) is 5.16. The number of morpholine rings is 1. The number of ether oxygens (including phenoxy) is 1. The minimum atomic E-state index is 0. The van der Waals surface area contributed by atoms with E-state index < -0.39 is 0 Å². The molecular formula is C18H35IN4O. The highest BCUT2D eigenvalue weighted by atomic mass is 127. The molecule has 0 aromatic carbocycles. The van der Waals surface area contributed by atoms with Crippen molar-refractivity contribution in [1.29, 1.82) is 0 Å². The van der Waals surface area contributed by atoms with Crippen LogP contribution >= 0.6 is 24.0 Å². The SMILES string of the molecule is CCC(CC)C(CNC(=NC)NC1CC=CC1)N1CCOCC1.I. The van der Waals surface area contributed by atoms with Crippen LogP contribution in [0, 0.1) is 5.92 Å². The van der Waals surface area contributed by atoms with Crippen molar-refractivity contribution in [1.82, 2.24) is 15.5 Å². The minimum Gasteiger partial charge on any atom is -0.379 e. The van der Waals surface area contributed by atoms with Gasteiger partial charge in [0, 0.05) is 38.8 Å². The van der Waals surface area contributed by atoms with Crippen molar-refractivity contribution >= 4 is 29.9 Å². The van der Waals surface area contributed by atoms with Gasteiger partial charge in [0.25, 0.3) is 0 Å². The smallest absolute Gasteiger partial charge is 0.191 e. The van der Waals surface area contributed by atoms with Gasteiger partial charge >= 0.3 is 0 Å². The Hall–Kier alpha value is -0.340. The van der Waals surface area contributed by atoms with Gasteiger partial charge in [0.2, 0.25) is 0 Å². The van der Waals surface area contributed by atoms with Crippen molar-refractivity contribution in [3.8, 4) is 0 Å². The van der Waals surface area contributed by atoms with Crippen molar-refractivity contribution < 1.29 is 4.74 Å². The van der Waals surface area contributed by atoms with Crippen LogP contribution in [0.2, 0.25) is 0 Å². The van der Waals surface area contributed by atoms with E-state index in [1.807, 2.05) is 7.05 Å². The molecular weight excluding hydrogens is 415 g/mol. The molecule has 0 bridgehead atoms. The molecule has 2 N–H and O–H groups in total. The maximum Gasteiger partial charge on any atom is 0.191 e. The summed E-state index contributed by atoms with van der Waals surface area (Å²) in [5, 5.41) is 7.10. The van der Waals surface area contributed by atoms with Gasteiger partial charge < -0.3 is 15.4 Å². The largest absolute Gasteiger partial charge is 0.379 e. The van der Waals surface area contributed by atoms with E-state index >= 15 is 0 Å². The number of nitrogens with zero attached hydrogens (tertiary/aromatic N) is 2. The number of halogens is 1. The van der Waals surface area contributed by atoms with Crippen LogP contribution in [-0.2, 0) is 4.74 Å². The Balaban J connectivity index is 0.00000288. The summed E-state index contributed by atoms with van der Waals surface area (Å²) in [4.78, 5) is 7.00. The molecule has 24 heavy (non-hydrogen) atoms. The number of hydrogen-bond donors (Lipinski definition) is 2. The number of rotatable bonds is 7. The third-order valence-electron chi connectivity index (χ3n) is 5.16. The summed E-state index contributed by atoms with van der Waals surface area (Å²) < 4.78 is 5.53. The molecule has 1 atom stereocenters. The Bertz CT molecular complexity index is 384. The van der Waals surface area contributed by atoms with Gasteiger partial charge in [-0.2, -0.15) is 0 Å². The van der Waals surface area contributed by atoms with Crippen LogP contribution < -0.4 is 10.6 Å². The molecule has 2 aliphatic rings. The van der Waals surface area contributed by atoms with Crippen LogP contribution in [0.4, 0.5) is 0 Å². The van der Waals surface area contributed by atoms with Gasteiger partial charge in [0.15, 0.2) is 5.96 Å². The highest BCUT2D eigenvalue weighted by molar-refractivity contribution is 14.0. The summed E-state index contributed by atoms with van der Waals surface area (Å²) in [5.41, 5.74) is 0. The molecule has 1 saturated heterocycles. The first kappa shape index (κ1) is 21.7. The molecule has 6 heteroatoms. The Kier molecular flexibility index (Phi) is 10.9. The molecule has 1 unspecified atom stereocenters. The lowest BCUT2D eigenvalue weighted by Crippen LogP contribution is -2.54. The zero-order valence-corrected chi connectivity index (χ0v) is 17.8. The predicted octanol–water partition coefficient (Wildman–Crippen LogP) is 2.63. The Morgan fingerprint density at radius 3 is 2.38 bits per heavy atom. The Morgan fingerprint density at radius 1 is 1.21 bits per heavy atom. The lowest BCUT2D eigenvalue weighted by atomic mass is 9.92. The van der Waals surface area contributed by atoms with Crippen LogP contribution in [0.25, 0.3) is 0 Å². The molecule has 0 spiro atoms. The van der Waals surface area contributed by atoms with E-state index in [4.69, 9.17) is 4.74 Å². The molecule has 1 heterocycles. The lowest BCUT2D eigenvalue weighted by Gasteiger charge is -2.39. The van der Waals surface area contributed by atoms with Gasteiger partial charge in [0.05, 0.1) is 13.2 Å². The van der Waals surface area contributed by atoms with Crippen LogP contribution in [0.1, 0.15) is 39.5 Å². The first-order valence-corrected chi connectivity index (χ1v) is 9.22. The fourth-order valence-corrected chi connectivity index (χ4v) is 3.66. The molecule has 0 aromatic rings. The summed E-state index contributed by atoms with van der Waals surface area (Å²) in [6.45, 7) is 9.36. The standard InChI is InChI=1S/C18H34N4O.HI/c1-4-15(5-2)17(22-10-12-23-13-11-22)14-20-18(19-3)21-16-8-6-7-9-16;/h6-7,15-17H,4-5,8-14H2,1-3H3,(H2,19,20,21);1H. The zero-order chi connectivity index (χ0) is 16.5. The zero-order valence-electron chi connectivity index (χ0n) is 15.5. The third kappa shape index (κ3) is 6.52. The lowest BCUT2D eigenvalue weighted by molar-refractivity contribution is 0.00271. The van der Waals surface area contributed by atoms with E-state index in [9.17, 15) is 0 Å². The van der Waals surface area contributed by atoms with Crippen molar-refractivity contribution in [3.63, 3.8) is 0 Å². The molecule has 1 aliphatic heterocycles. The van der Waals surface area contributed by atoms with Crippen molar-refractivity contribution in [2.75, 3.05) is 39.9 Å². The van der Waals surface area contributed by atoms with Crippen LogP contribution in [0.15, 0.2) is 17.1 Å². The van der Waals surface area contributed by atoms with Gasteiger partial charge in [0.1, 0.15) is 0 Å². The molecule has 2 rings (SSSR count). The molecule has 0 aromatic heterocycles. The molecule has 0 saturated carbocycles. The summed E-state index contributed by atoms with van der Waals surface area (Å²) in [6.07, 6.45) is 9.12. The fourth-order valence-electron chi connectivity index (χ4n) is 3.66. The highest BCUT2D eigenvalue weighted by Crippen LogP contribution is 2.19. The number of nitrogens with one attached hydrogen (secondary N) is 2. The molecule has 1 aliphatic carbocycles. The van der Waals surface area contributed by atoms with E-state index in [0.717, 1.165) is 51.6 Å². The van der Waals surface area contributed by atoms with E-state index in [2.05, 4.69) is 46.5 Å². The first-order chi connectivity index (χ1) is 11.3. The summed E-state index contributed by atoms with van der Waals surface area (Å²) in [6, 6.07) is 1.05. The molecule has 140 valence electrons. The average molecular weight is 450 g/mol. The van der Waals surface area contributed by atoms with Crippen molar-refractivity contribution in [3.05, 3.63) is 12.2 Å². The maximum absolute atomic E-state index is 5.53. The van der Waals surface area contributed by atoms with Crippen molar-refractivity contribution in [2.24, 2.45) is 10.9 Å². The van der Waals surface area contributed by atoms with Gasteiger partial charge in [-0.05, 0) is 18.8 Å². The van der Waals surface area contributed by atoms with Crippen molar-refractivity contribution in [2.45, 2.75) is 51.6 Å². The predicted molar refractivity (Wildman–Crippen MR) is 112 cm³/mol. The minimum absolute atomic E-state index is 0. The topological polar surface area (TPSA) is 48.9 Å². The fraction of sp³-hybridized carbons (Fsp3) is 0.833. The number of guanidine groups is 1. The van der Waals surface area contributed by atoms with Crippen LogP contribution in [0.5, 0.6) is 0 Å². The molecule has 1 fully saturated rings. The van der Waals surface area contributed by atoms with Crippen LogP contribution in [-0.4, -0.2) is 62.8 Å². The van der Waals surface area contributed by atoms with E-state index in [0.29, 0.717) is 18.0 Å². The Labute approximate surface area is 164 Å². The maximum atomic E-state index is 5.53. The van der Waals surface area contributed by atoms with E-state index in [-0.39, 0.29) is 24.0 Å². The second-order valence-corrected chi connectivity index (χ2v) is 6.53. The van der Waals surface area contributed by atoms with E-state index in [1.54, 1.807) is 0 Å². The van der Waals surface area contributed by atoms with Gasteiger partial charge in [-0.15, -0.1) is 24.0 Å². The summed E-state index contributed by atoms with van der Waals surface area (Å²) >= 11 is 0. The molecule has 0 amide bonds. The quantitative estimate of drug-likeness (QED) is 0.271. The second kappa shape index (κ2) is 12.1. The monoisotopic (exact) mass is 450 g/mol. The van der Waals surface area contributed by atoms with Crippen LogP contribution in [0.3, 0.4) is 0 Å². The molecule has 5 nitrogen and oxygen atoms in total. The highest BCUT2D eigenvalue weighted by Gasteiger charge is 2.27. The van der Waals surface area contributed by atoms with Gasteiger partial charge in [-0.3, -0.25) is 9.89 Å². The van der Waals surface area contributed by atoms with Gasteiger partial charge in [-0.1, -0.05) is 38.8 Å². The summed E-state index contributed by atoms with van der Waals surface area (Å²) in [7, 11) is 1.86. The van der Waals surface area contributed by atoms with E-state index in [1.165, 1.54) is 12.8 Å². The first-order valence-electron chi connectivity index (χ1n) is 9.22. The number of aliphatic imine (C=N–C) groups is 1. The molecule has 0 radical (unpaired) electrons. The Morgan fingerprint density at radius 2 is 1.83 bits per heavy atom. The normalized spacial score (nSPS) is 20.9. The summed E-state index contributed by atoms with van der Waals surface area (Å²) in [5.74, 6) is 1.65. The number of hydrogen-bond acceptors (Lipinski definition) is 3. The van der Waals surface area contributed by atoms with Gasteiger partial charge in [-0.25, -0.2) is 0 Å².